The number of aromatic amines is 1. The van der Waals surface area contributed by atoms with Crippen molar-refractivity contribution in [2.45, 2.75) is 20.4 Å². The van der Waals surface area contributed by atoms with Crippen molar-refractivity contribution in [2.75, 3.05) is 0 Å². The number of amides is 1. The second-order valence-corrected chi connectivity index (χ2v) is 4.95. The van der Waals surface area contributed by atoms with Crippen molar-refractivity contribution in [3.05, 3.63) is 39.3 Å². The number of rotatable bonds is 3. The van der Waals surface area contributed by atoms with E-state index in [1.807, 2.05) is 0 Å². The van der Waals surface area contributed by atoms with Crippen LogP contribution in [0, 0.1) is 13.8 Å². The Morgan fingerprint density at radius 1 is 1.45 bits per heavy atom. The van der Waals surface area contributed by atoms with E-state index in [4.69, 9.17) is 4.52 Å². The summed E-state index contributed by atoms with van der Waals surface area (Å²) < 4.78 is 6.43. The SMILES string of the molecule is Cc1cc(C(=O)NCc2n[nH]c(=O)n2C)c2c(C)noc2n1. The molecule has 0 saturated heterocycles. The minimum Gasteiger partial charge on any atom is -0.345 e. The molecule has 3 heterocycles. The van der Waals surface area contributed by atoms with Gasteiger partial charge in [-0.3, -0.25) is 9.36 Å². The van der Waals surface area contributed by atoms with E-state index >= 15 is 0 Å². The van der Waals surface area contributed by atoms with Crippen molar-refractivity contribution in [1.29, 1.82) is 0 Å². The van der Waals surface area contributed by atoms with Crippen molar-refractivity contribution < 1.29 is 9.32 Å². The quantitative estimate of drug-likeness (QED) is 0.713. The summed E-state index contributed by atoms with van der Waals surface area (Å²) in [7, 11) is 1.58. The lowest BCUT2D eigenvalue weighted by molar-refractivity contribution is 0.0951. The minimum absolute atomic E-state index is 0.126. The van der Waals surface area contributed by atoms with E-state index in [1.54, 1.807) is 27.0 Å². The van der Waals surface area contributed by atoms with Gasteiger partial charge in [-0.2, -0.15) is 5.10 Å². The molecule has 0 aliphatic carbocycles. The molecule has 22 heavy (non-hydrogen) atoms. The summed E-state index contributed by atoms with van der Waals surface area (Å²) in [4.78, 5) is 27.9. The highest BCUT2D eigenvalue weighted by atomic mass is 16.5. The molecule has 0 unspecified atom stereocenters. The standard InChI is InChI=1S/C13H14N6O3/c1-6-4-8(10-7(2)18-22-12(10)15-6)11(20)14-5-9-16-17-13(21)19(9)3/h4H,5H2,1-3H3,(H,14,20)(H,17,21). The van der Waals surface area contributed by atoms with Crippen molar-refractivity contribution in [2.24, 2.45) is 7.05 Å². The molecule has 2 N–H and O–H groups in total. The number of carbonyl (C=O) groups is 1. The Kier molecular flexibility index (Phi) is 3.24. The third kappa shape index (κ3) is 2.26. The maximum absolute atomic E-state index is 12.4. The highest BCUT2D eigenvalue weighted by Crippen LogP contribution is 2.21. The van der Waals surface area contributed by atoms with Crippen LogP contribution in [0.25, 0.3) is 11.1 Å². The molecule has 3 rings (SSSR count). The summed E-state index contributed by atoms with van der Waals surface area (Å²) >= 11 is 0. The van der Waals surface area contributed by atoms with E-state index in [-0.39, 0.29) is 18.1 Å². The molecule has 3 aromatic heterocycles. The molecule has 0 saturated carbocycles. The van der Waals surface area contributed by atoms with Gasteiger partial charge in [-0.15, -0.1) is 0 Å². The van der Waals surface area contributed by atoms with Crippen LogP contribution < -0.4 is 11.0 Å². The molecular weight excluding hydrogens is 288 g/mol. The Bertz CT molecular complexity index is 920. The monoisotopic (exact) mass is 302 g/mol. The van der Waals surface area contributed by atoms with Gasteiger partial charge in [-0.25, -0.2) is 14.9 Å². The number of pyridine rings is 1. The number of hydrogen-bond acceptors (Lipinski definition) is 6. The summed E-state index contributed by atoms with van der Waals surface area (Å²) in [5.41, 5.74) is 1.68. The zero-order valence-electron chi connectivity index (χ0n) is 12.3. The summed E-state index contributed by atoms with van der Waals surface area (Å²) in [6.07, 6.45) is 0. The van der Waals surface area contributed by atoms with Crippen LogP contribution in [0.2, 0.25) is 0 Å². The fourth-order valence-corrected chi connectivity index (χ4v) is 2.19. The van der Waals surface area contributed by atoms with Gasteiger partial charge in [0.1, 0.15) is 0 Å². The van der Waals surface area contributed by atoms with E-state index in [1.165, 1.54) is 4.57 Å². The molecule has 0 spiro atoms. The molecule has 114 valence electrons. The van der Waals surface area contributed by atoms with Crippen LogP contribution in [0.15, 0.2) is 15.4 Å². The number of H-pyrrole nitrogens is 1. The smallest absolute Gasteiger partial charge is 0.343 e. The van der Waals surface area contributed by atoms with Crippen molar-refractivity contribution in [3.63, 3.8) is 0 Å². The molecule has 0 atom stereocenters. The van der Waals surface area contributed by atoms with Crippen LogP contribution in [0.3, 0.4) is 0 Å². The lowest BCUT2D eigenvalue weighted by Crippen LogP contribution is -2.26. The van der Waals surface area contributed by atoms with Crippen LogP contribution >= 0.6 is 0 Å². The summed E-state index contributed by atoms with van der Waals surface area (Å²) in [6.45, 7) is 3.64. The van der Waals surface area contributed by atoms with E-state index < -0.39 is 0 Å². The first-order chi connectivity index (χ1) is 10.5. The Balaban J connectivity index is 1.91. The second kappa shape index (κ2) is 5.10. The summed E-state index contributed by atoms with van der Waals surface area (Å²) in [5.74, 6) is 0.125. The maximum atomic E-state index is 12.4. The van der Waals surface area contributed by atoms with Crippen molar-refractivity contribution >= 4 is 17.0 Å². The van der Waals surface area contributed by atoms with Crippen LogP contribution in [-0.2, 0) is 13.6 Å². The second-order valence-electron chi connectivity index (χ2n) is 4.95. The third-order valence-corrected chi connectivity index (χ3v) is 3.37. The molecule has 0 fully saturated rings. The largest absolute Gasteiger partial charge is 0.345 e. The van der Waals surface area contributed by atoms with Crippen molar-refractivity contribution in [3.8, 4) is 0 Å². The first-order valence-electron chi connectivity index (χ1n) is 6.59. The molecule has 0 bridgehead atoms. The Hall–Kier alpha value is -2.97. The highest BCUT2D eigenvalue weighted by molar-refractivity contribution is 6.05. The maximum Gasteiger partial charge on any atom is 0.343 e. The molecule has 9 heteroatoms. The van der Waals surface area contributed by atoms with Crippen LogP contribution in [-0.4, -0.2) is 30.8 Å². The molecule has 0 aliphatic heterocycles. The normalized spacial score (nSPS) is 11.0. The van der Waals surface area contributed by atoms with Gasteiger partial charge in [0, 0.05) is 12.7 Å². The zero-order chi connectivity index (χ0) is 15.9. The number of fused-ring (bicyclic) bond motifs is 1. The van der Waals surface area contributed by atoms with Gasteiger partial charge in [0.05, 0.1) is 23.2 Å². The lowest BCUT2D eigenvalue weighted by atomic mass is 10.1. The molecule has 0 radical (unpaired) electrons. The van der Waals surface area contributed by atoms with Crippen LogP contribution in [0.5, 0.6) is 0 Å². The fraction of sp³-hybridized carbons (Fsp3) is 0.308. The fourth-order valence-electron chi connectivity index (χ4n) is 2.19. The minimum atomic E-state index is -0.332. The van der Waals surface area contributed by atoms with E-state index in [2.05, 4.69) is 25.7 Å². The van der Waals surface area contributed by atoms with Gasteiger partial charge in [0.15, 0.2) is 5.82 Å². The predicted molar refractivity (Wildman–Crippen MR) is 76.3 cm³/mol. The molecule has 1 amide bonds. The molecule has 9 nitrogen and oxygen atoms in total. The Morgan fingerprint density at radius 3 is 2.91 bits per heavy atom. The average molecular weight is 302 g/mol. The van der Waals surface area contributed by atoms with Gasteiger partial charge in [-0.1, -0.05) is 5.16 Å². The van der Waals surface area contributed by atoms with E-state index in [0.29, 0.717) is 33.9 Å². The third-order valence-electron chi connectivity index (χ3n) is 3.37. The first-order valence-corrected chi connectivity index (χ1v) is 6.59. The number of carbonyl (C=O) groups excluding carboxylic acids is 1. The topological polar surface area (TPSA) is 119 Å². The molecule has 3 aromatic rings. The van der Waals surface area contributed by atoms with Gasteiger partial charge < -0.3 is 9.84 Å². The zero-order valence-corrected chi connectivity index (χ0v) is 12.3. The van der Waals surface area contributed by atoms with E-state index in [0.717, 1.165) is 0 Å². The number of nitrogens with one attached hydrogen (secondary N) is 2. The lowest BCUT2D eigenvalue weighted by Gasteiger charge is -2.06. The number of aryl methyl sites for hydroxylation is 2. The highest BCUT2D eigenvalue weighted by Gasteiger charge is 2.18. The van der Waals surface area contributed by atoms with Gasteiger partial charge in [-0.05, 0) is 19.9 Å². The summed E-state index contributed by atoms with van der Waals surface area (Å²) in [5, 5.41) is 13.3. The number of nitrogens with zero attached hydrogens (tertiary/aromatic N) is 4. The van der Waals surface area contributed by atoms with Crippen LogP contribution in [0.1, 0.15) is 27.6 Å². The van der Waals surface area contributed by atoms with E-state index in [9.17, 15) is 9.59 Å². The van der Waals surface area contributed by atoms with Crippen LogP contribution in [0.4, 0.5) is 0 Å². The van der Waals surface area contributed by atoms with Gasteiger partial charge in [0.25, 0.3) is 11.6 Å². The first kappa shape index (κ1) is 14.0. The predicted octanol–water partition coefficient (Wildman–Crippen LogP) is 0.191. The summed E-state index contributed by atoms with van der Waals surface area (Å²) in [6, 6.07) is 1.67. The van der Waals surface area contributed by atoms with Gasteiger partial charge in [0.2, 0.25) is 0 Å². The molecule has 0 aliphatic rings. The van der Waals surface area contributed by atoms with Crippen molar-refractivity contribution in [1.82, 2.24) is 30.2 Å². The van der Waals surface area contributed by atoms with Gasteiger partial charge >= 0.3 is 5.69 Å². The Labute approximate surface area is 124 Å². The Morgan fingerprint density at radius 2 is 2.23 bits per heavy atom. The number of aromatic nitrogens is 5. The average Bonchev–Trinajstić information content (AvgIpc) is 3.00. The number of hydrogen-bond donors (Lipinski definition) is 2. The molecular formula is C13H14N6O3. The molecule has 0 aromatic carbocycles.